The van der Waals surface area contributed by atoms with Crippen LogP contribution in [0.15, 0.2) is 89.7 Å². The molecule has 0 amide bonds. The summed E-state index contributed by atoms with van der Waals surface area (Å²) in [5.74, 6) is 0. The van der Waals surface area contributed by atoms with Gasteiger partial charge in [0.2, 0.25) is 0 Å². The summed E-state index contributed by atoms with van der Waals surface area (Å²) in [6.07, 6.45) is 0. The van der Waals surface area contributed by atoms with Crippen molar-refractivity contribution >= 4 is 21.8 Å². The molecule has 3 aromatic carbocycles. The van der Waals surface area contributed by atoms with E-state index in [1.807, 2.05) is 66.1 Å². The van der Waals surface area contributed by atoms with E-state index in [0.29, 0.717) is 12.1 Å². The maximum atomic E-state index is 13.4. The molecule has 5 aromatic rings. The molecule has 3 heteroatoms. The molecule has 3 nitrogen and oxygen atoms in total. The van der Waals surface area contributed by atoms with Crippen molar-refractivity contribution in [2.75, 3.05) is 0 Å². The van der Waals surface area contributed by atoms with Gasteiger partial charge in [-0.15, -0.1) is 0 Å². The molecular formula is C25H20N2O. The number of hydrogen-bond acceptors (Lipinski definition) is 1. The molecular weight excluding hydrogens is 344 g/mol. The predicted molar refractivity (Wildman–Crippen MR) is 116 cm³/mol. The van der Waals surface area contributed by atoms with Crippen molar-refractivity contribution in [1.29, 1.82) is 0 Å². The number of H-pyrrole nitrogens is 1. The number of pyridine rings is 1. The SMILES string of the molecule is Cc1c(-c2ccccc2)c2c([nH]c3ccccc32)c(=O)n1Cc1ccccc1. The average Bonchev–Trinajstić information content (AvgIpc) is 3.12. The van der Waals surface area contributed by atoms with Crippen molar-refractivity contribution in [3.8, 4) is 11.1 Å². The van der Waals surface area contributed by atoms with Gasteiger partial charge in [0.05, 0.1) is 6.54 Å². The third kappa shape index (κ3) is 2.55. The summed E-state index contributed by atoms with van der Waals surface area (Å²) < 4.78 is 1.88. The van der Waals surface area contributed by atoms with Crippen LogP contribution in [0, 0.1) is 6.92 Å². The van der Waals surface area contributed by atoms with Gasteiger partial charge in [0, 0.05) is 27.5 Å². The first-order valence-corrected chi connectivity index (χ1v) is 9.47. The fourth-order valence-electron chi connectivity index (χ4n) is 4.08. The fourth-order valence-corrected chi connectivity index (χ4v) is 4.08. The van der Waals surface area contributed by atoms with Crippen molar-refractivity contribution in [3.05, 3.63) is 107 Å². The van der Waals surface area contributed by atoms with E-state index in [2.05, 4.69) is 35.3 Å². The molecule has 5 rings (SSSR count). The molecule has 0 spiro atoms. The third-order valence-electron chi connectivity index (χ3n) is 5.43. The number of benzene rings is 3. The number of para-hydroxylation sites is 1. The van der Waals surface area contributed by atoms with Crippen molar-refractivity contribution in [2.24, 2.45) is 0 Å². The molecule has 0 aliphatic rings. The highest BCUT2D eigenvalue weighted by Crippen LogP contribution is 2.35. The van der Waals surface area contributed by atoms with Crippen molar-refractivity contribution in [2.45, 2.75) is 13.5 Å². The van der Waals surface area contributed by atoms with Crippen LogP contribution in [0.25, 0.3) is 32.9 Å². The first-order valence-electron chi connectivity index (χ1n) is 9.47. The van der Waals surface area contributed by atoms with Crippen LogP contribution in [0.3, 0.4) is 0 Å². The van der Waals surface area contributed by atoms with Gasteiger partial charge >= 0.3 is 0 Å². The van der Waals surface area contributed by atoms with E-state index >= 15 is 0 Å². The van der Waals surface area contributed by atoms with Gasteiger partial charge in [-0.2, -0.15) is 0 Å². The highest BCUT2D eigenvalue weighted by atomic mass is 16.1. The quantitative estimate of drug-likeness (QED) is 0.450. The molecule has 0 aliphatic heterocycles. The number of aromatic amines is 1. The Morgan fingerprint density at radius 1 is 0.821 bits per heavy atom. The lowest BCUT2D eigenvalue weighted by Gasteiger charge is -2.16. The minimum atomic E-state index is 0.0206. The third-order valence-corrected chi connectivity index (χ3v) is 5.43. The second-order valence-electron chi connectivity index (χ2n) is 7.12. The lowest BCUT2D eigenvalue weighted by atomic mass is 9.98. The van der Waals surface area contributed by atoms with E-state index in [1.165, 1.54) is 0 Å². The summed E-state index contributed by atoms with van der Waals surface area (Å²) in [6.45, 7) is 2.60. The molecule has 0 atom stereocenters. The van der Waals surface area contributed by atoms with Gasteiger partial charge < -0.3 is 9.55 Å². The Morgan fingerprint density at radius 2 is 1.46 bits per heavy atom. The Bertz CT molecular complexity index is 1350. The fraction of sp³-hybridized carbons (Fsp3) is 0.0800. The number of rotatable bonds is 3. The van der Waals surface area contributed by atoms with Crippen LogP contribution in [0.4, 0.5) is 0 Å². The molecule has 1 N–H and O–H groups in total. The molecule has 0 radical (unpaired) electrons. The van der Waals surface area contributed by atoms with Crippen LogP contribution < -0.4 is 5.56 Å². The largest absolute Gasteiger partial charge is 0.350 e. The minimum Gasteiger partial charge on any atom is -0.350 e. The zero-order valence-electron chi connectivity index (χ0n) is 15.6. The minimum absolute atomic E-state index is 0.0206. The number of fused-ring (bicyclic) bond motifs is 3. The number of nitrogens with zero attached hydrogens (tertiary/aromatic N) is 1. The predicted octanol–water partition coefficient (Wildman–Crippen LogP) is 5.51. The molecule has 0 saturated carbocycles. The Balaban J connectivity index is 1.90. The van der Waals surface area contributed by atoms with Crippen molar-refractivity contribution in [1.82, 2.24) is 9.55 Å². The zero-order chi connectivity index (χ0) is 19.1. The first kappa shape index (κ1) is 16.6. The molecule has 0 saturated heterocycles. The van der Waals surface area contributed by atoms with Crippen LogP contribution in [0.2, 0.25) is 0 Å². The second-order valence-corrected chi connectivity index (χ2v) is 7.12. The molecule has 28 heavy (non-hydrogen) atoms. The van der Waals surface area contributed by atoms with Gasteiger partial charge in [-0.3, -0.25) is 4.79 Å². The highest BCUT2D eigenvalue weighted by molar-refractivity contribution is 6.14. The second kappa shape index (κ2) is 6.54. The van der Waals surface area contributed by atoms with Crippen molar-refractivity contribution in [3.63, 3.8) is 0 Å². The van der Waals surface area contributed by atoms with Gasteiger partial charge in [0.25, 0.3) is 5.56 Å². The lowest BCUT2D eigenvalue weighted by molar-refractivity contribution is 0.739. The Kier molecular flexibility index (Phi) is 3.87. The summed E-state index contributed by atoms with van der Waals surface area (Å²) in [4.78, 5) is 16.8. The van der Waals surface area contributed by atoms with E-state index in [0.717, 1.165) is 38.7 Å². The van der Waals surface area contributed by atoms with Gasteiger partial charge in [-0.1, -0.05) is 78.9 Å². The highest BCUT2D eigenvalue weighted by Gasteiger charge is 2.19. The summed E-state index contributed by atoms with van der Waals surface area (Å²) in [7, 11) is 0. The summed E-state index contributed by atoms with van der Waals surface area (Å²) >= 11 is 0. The van der Waals surface area contributed by atoms with Crippen molar-refractivity contribution < 1.29 is 0 Å². The average molecular weight is 364 g/mol. The Hall–Kier alpha value is -3.59. The standard InChI is InChI=1S/C25H20N2O/c1-17-22(19-12-6-3-7-13-19)23-20-14-8-9-15-21(20)26-24(23)25(28)27(17)16-18-10-4-2-5-11-18/h2-15,26H,16H2,1H3. The smallest absolute Gasteiger partial charge is 0.275 e. The summed E-state index contributed by atoms with van der Waals surface area (Å²) in [5.41, 5.74) is 6.01. The van der Waals surface area contributed by atoms with E-state index in [1.54, 1.807) is 0 Å². The van der Waals surface area contributed by atoms with E-state index in [-0.39, 0.29) is 5.56 Å². The Morgan fingerprint density at radius 3 is 2.21 bits per heavy atom. The molecule has 0 bridgehead atoms. The normalized spacial score (nSPS) is 11.3. The molecule has 2 heterocycles. The van der Waals surface area contributed by atoms with E-state index in [4.69, 9.17) is 0 Å². The van der Waals surface area contributed by atoms with Crippen LogP contribution in [-0.4, -0.2) is 9.55 Å². The maximum Gasteiger partial charge on any atom is 0.275 e. The maximum absolute atomic E-state index is 13.4. The molecule has 136 valence electrons. The van der Waals surface area contributed by atoms with Gasteiger partial charge in [-0.05, 0) is 24.1 Å². The van der Waals surface area contributed by atoms with Gasteiger partial charge in [0.15, 0.2) is 0 Å². The van der Waals surface area contributed by atoms with E-state index in [9.17, 15) is 4.79 Å². The van der Waals surface area contributed by atoms with Gasteiger partial charge in [0.1, 0.15) is 5.52 Å². The molecule has 0 aliphatic carbocycles. The van der Waals surface area contributed by atoms with Crippen LogP contribution in [0.1, 0.15) is 11.3 Å². The molecule has 0 unspecified atom stereocenters. The van der Waals surface area contributed by atoms with Crippen LogP contribution >= 0.6 is 0 Å². The number of hydrogen-bond donors (Lipinski definition) is 1. The number of aromatic nitrogens is 2. The Labute approximate surface area is 162 Å². The summed E-state index contributed by atoms with van der Waals surface area (Å²) in [6, 6.07) is 28.6. The monoisotopic (exact) mass is 364 g/mol. The number of nitrogens with one attached hydrogen (secondary N) is 1. The topological polar surface area (TPSA) is 37.8 Å². The zero-order valence-corrected chi connectivity index (χ0v) is 15.6. The van der Waals surface area contributed by atoms with Crippen LogP contribution in [-0.2, 0) is 6.54 Å². The van der Waals surface area contributed by atoms with Gasteiger partial charge in [-0.25, -0.2) is 0 Å². The lowest BCUT2D eigenvalue weighted by Crippen LogP contribution is -2.24. The summed E-state index contributed by atoms with van der Waals surface area (Å²) in [5, 5.41) is 2.09. The van der Waals surface area contributed by atoms with Crippen LogP contribution in [0.5, 0.6) is 0 Å². The van der Waals surface area contributed by atoms with E-state index < -0.39 is 0 Å². The first-order chi connectivity index (χ1) is 13.7. The molecule has 0 fully saturated rings. The molecule has 2 aromatic heterocycles.